The second-order valence-electron chi connectivity index (χ2n) is 7.90. The second kappa shape index (κ2) is 15.3. The fourth-order valence-corrected chi connectivity index (χ4v) is 5.27. The molecule has 0 aliphatic rings. The van der Waals surface area contributed by atoms with Gasteiger partial charge in [0.25, 0.3) is 5.69 Å². The predicted octanol–water partition coefficient (Wildman–Crippen LogP) is 8.30. The second-order valence-corrected chi connectivity index (χ2v) is 10.9. The van der Waals surface area contributed by atoms with Crippen molar-refractivity contribution in [2.24, 2.45) is 0 Å². The van der Waals surface area contributed by atoms with E-state index in [1.165, 1.54) is 0 Å². The maximum absolute atomic E-state index is 12.6. The first-order valence-corrected chi connectivity index (χ1v) is 13.9. The van der Waals surface area contributed by atoms with Crippen LogP contribution in [-0.4, -0.2) is 61.2 Å². The summed E-state index contributed by atoms with van der Waals surface area (Å²) in [5.41, 5.74) is -5.24. The lowest BCUT2D eigenvalue weighted by Gasteiger charge is -2.15. The third-order valence-electron chi connectivity index (χ3n) is 5.23. The van der Waals surface area contributed by atoms with Crippen molar-refractivity contribution in [3.63, 3.8) is 0 Å². The first kappa shape index (κ1) is 38.6. The number of nitro benzene ring substituents is 1. The number of nitrogens with zero attached hydrogens (tertiary/aromatic N) is 1. The molecule has 0 fully saturated rings. The Morgan fingerprint density at radius 1 is 0.522 bits per heavy atom. The molecule has 0 aliphatic carbocycles. The molecule has 14 nitrogen and oxygen atoms in total. The summed E-state index contributed by atoms with van der Waals surface area (Å²) in [4.78, 5) is 79.0. The van der Waals surface area contributed by atoms with Gasteiger partial charge < -0.3 is 25.2 Å². The number of hydrogen-bond donors (Lipinski definition) is 4. The smallest absolute Gasteiger partial charge is 0.348 e. The zero-order valence-electron chi connectivity index (χ0n) is 21.2. The fourth-order valence-electron chi connectivity index (χ4n) is 3.24. The van der Waals surface area contributed by atoms with E-state index >= 15 is 0 Å². The quantitative estimate of drug-likeness (QED) is 0.0440. The van der Waals surface area contributed by atoms with Gasteiger partial charge in [-0.1, -0.05) is 92.8 Å². The molecule has 0 radical (unpaired) electrons. The molecule has 4 N–H and O–H groups in total. The number of carbonyl (C=O) groups is 6. The van der Waals surface area contributed by atoms with E-state index in [9.17, 15) is 49.1 Å². The largest absolute Gasteiger partial charge is 0.478 e. The highest BCUT2D eigenvalue weighted by Gasteiger charge is 2.34. The van der Waals surface area contributed by atoms with Gasteiger partial charge in [-0.2, -0.15) is 0 Å². The Kier molecular flexibility index (Phi) is 12.9. The molecule has 0 amide bonds. The van der Waals surface area contributed by atoms with Crippen molar-refractivity contribution in [2.75, 3.05) is 0 Å². The molecule has 0 unspecified atom stereocenters. The number of rotatable bonds is 7. The highest BCUT2D eigenvalue weighted by Crippen LogP contribution is 2.44. The van der Waals surface area contributed by atoms with Gasteiger partial charge in [-0.05, 0) is 6.07 Å². The lowest BCUT2D eigenvalue weighted by molar-refractivity contribution is -0.384. The molecule has 46 heavy (non-hydrogen) atoms. The minimum atomic E-state index is -1.76. The Balaban J connectivity index is 0.000000410. The average Bonchev–Trinajstić information content (AvgIpc) is 2.97. The van der Waals surface area contributed by atoms with Gasteiger partial charge in [-0.25, -0.2) is 28.8 Å². The molecular formula is C24H7Cl8NO13. The van der Waals surface area contributed by atoms with Gasteiger partial charge in [-0.15, -0.1) is 0 Å². The Morgan fingerprint density at radius 2 is 0.848 bits per heavy atom. The molecular weight excluding hydrogens is 794 g/mol. The summed E-state index contributed by atoms with van der Waals surface area (Å²) in [6, 6.07) is 2.55. The number of hydrogen-bond acceptors (Lipinski definition) is 9. The molecule has 3 rings (SSSR count). The van der Waals surface area contributed by atoms with Crippen LogP contribution < -0.4 is 0 Å². The minimum absolute atomic E-state index is 0.461. The van der Waals surface area contributed by atoms with E-state index in [1.807, 2.05) is 0 Å². The molecule has 242 valence electrons. The third-order valence-corrected chi connectivity index (χ3v) is 8.83. The van der Waals surface area contributed by atoms with E-state index in [0.717, 1.165) is 12.1 Å². The monoisotopic (exact) mass is 797 g/mol. The van der Waals surface area contributed by atoms with Crippen molar-refractivity contribution >= 4 is 134 Å². The van der Waals surface area contributed by atoms with Crippen LogP contribution in [-0.2, 0) is 4.74 Å². The third kappa shape index (κ3) is 7.85. The maximum atomic E-state index is 12.6. The van der Waals surface area contributed by atoms with Crippen LogP contribution in [0, 0.1) is 10.1 Å². The van der Waals surface area contributed by atoms with Crippen molar-refractivity contribution in [2.45, 2.75) is 0 Å². The maximum Gasteiger partial charge on any atom is 0.348 e. The number of halogens is 8. The van der Waals surface area contributed by atoms with Crippen LogP contribution in [0.15, 0.2) is 18.2 Å². The number of esters is 2. The van der Waals surface area contributed by atoms with Crippen molar-refractivity contribution in [3.05, 3.63) is 102 Å². The van der Waals surface area contributed by atoms with Crippen LogP contribution in [0.5, 0.6) is 0 Å². The summed E-state index contributed by atoms with van der Waals surface area (Å²) >= 11 is 46.7. The van der Waals surface area contributed by atoms with E-state index < -0.39 is 120 Å². The SMILES string of the molecule is O=C(O)c1c(Cl)c(Cl)c(Cl)c(Cl)c1C(=O)OC(=O)c1c(Cl)c(Cl)c(Cl)c(Cl)c1C(=O)O.O=C(O)c1ccc([N+](=O)[O-])cc1C(=O)O. The van der Waals surface area contributed by atoms with E-state index in [4.69, 9.17) is 103 Å². The standard InChI is InChI=1S/C16H2Cl8O7.C8H5NO6/c17-5-1(13(25)26)3(7(19)11(23)9(5)21)15(29)31-16(30)4-2(14(27)28)6(18)10(22)12(24)8(4)20;10-7(11)5-2-1-4(9(14)15)3-6(5)8(12)13/h(H,25,26)(H,27,28);1-3H,(H,10,11)(H,12,13). The van der Waals surface area contributed by atoms with Gasteiger partial charge in [0, 0.05) is 12.1 Å². The zero-order chi connectivity index (χ0) is 35.5. The summed E-state index contributed by atoms with van der Waals surface area (Å²) in [7, 11) is 0. The molecule has 0 saturated heterocycles. The van der Waals surface area contributed by atoms with Crippen LogP contribution in [0.25, 0.3) is 0 Å². The van der Waals surface area contributed by atoms with Crippen molar-refractivity contribution in [3.8, 4) is 0 Å². The van der Waals surface area contributed by atoms with Crippen molar-refractivity contribution in [1.82, 2.24) is 0 Å². The molecule has 0 bridgehead atoms. The number of carboxylic acids is 4. The lowest BCUT2D eigenvalue weighted by atomic mass is 10.1. The summed E-state index contributed by atoms with van der Waals surface area (Å²) < 4.78 is 4.57. The van der Waals surface area contributed by atoms with Gasteiger partial charge >= 0.3 is 35.8 Å². The van der Waals surface area contributed by atoms with Crippen molar-refractivity contribution in [1.29, 1.82) is 0 Å². The Morgan fingerprint density at radius 3 is 1.13 bits per heavy atom. The first-order valence-electron chi connectivity index (χ1n) is 10.9. The van der Waals surface area contributed by atoms with Crippen molar-refractivity contribution < 1.29 is 58.9 Å². The van der Waals surface area contributed by atoms with Crippen LogP contribution >= 0.6 is 92.8 Å². The molecule has 22 heteroatoms. The van der Waals surface area contributed by atoms with E-state index in [-0.39, 0.29) is 0 Å². The number of non-ortho nitro benzene ring substituents is 1. The summed E-state index contributed by atoms with van der Waals surface area (Å²) in [5.74, 6) is -9.80. The summed E-state index contributed by atoms with van der Waals surface area (Å²) in [6.45, 7) is 0. The van der Waals surface area contributed by atoms with Crippen LogP contribution in [0.2, 0.25) is 40.2 Å². The molecule has 0 heterocycles. The van der Waals surface area contributed by atoms with Gasteiger partial charge in [0.05, 0.1) is 78.5 Å². The highest BCUT2D eigenvalue weighted by atomic mass is 35.5. The first-order chi connectivity index (χ1) is 21.2. The number of benzene rings is 3. The molecule has 0 aliphatic heterocycles. The van der Waals surface area contributed by atoms with E-state index in [2.05, 4.69) is 4.74 Å². The molecule has 0 atom stereocenters. The Bertz CT molecular complexity index is 1800. The van der Waals surface area contributed by atoms with Crippen LogP contribution in [0.3, 0.4) is 0 Å². The van der Waals surface area contributed by atoms with Crippen LogP contribution in [0.1, 0.15) is 62.1 Å². The van der Waals surface area contributed by atoms with E-state index in [1.54, 1.807) is 0 Å². The Hall–Kier alpha value is -3.60. The zero-order valence-corrected chi connectivity index (χ0v) is 27.2. The minimum Gasteiger partial charge on any atom is -0.478 e. The highest BCUT2D eigenvalue weighted by molar-refractivity contribution is 6.55. The van der Waals surface area contributed by atoms with Gasteiger partial charge in [-0.3, -0.25) is 10.1 Å². The van der Waals surface area contributed by atoms with E-state index in [0.29, 0.717) is 6.07 Å². The Labute approximate surface area is 293 Å². The summed E-state index contributed by atoms with van der Waals surface area (Å²) in [6.07, 6.45) is 0. The van der Waals surface area contributed by atoms with Gasteiger partial charge in [0.2, 0.25) is 0 Å². The fraction of sp³-hybridized carbons (Fsp3) is 0. The lowest BCUT2D eigenvalue weighted by Crippen LogP contribution is -2.20. The molecule has 0 spiro atoms. The molecule has 3 aromatic carbocycles. The van der Waals surface area contributed by atoms with Gasteiger partial charge in [0.15, 0.2) is 0 Å². The number of nitro groups is 1. The average molecular weight is 801 g/mol. The van der Waals surface area contributed by atoms with Crippen LogP contribution in [0.4, 0.5) is 5.69 Å². The number of aromatic carboxylic acids is 4. The molecule has 0 saturated carbocycles. The predicted molar refractivity (Wildman–Crippen MR) is 164 cm³/mol. The number of carboxylic acid groups (broad SMARTS) is 4. The van der Waals surface area contributed by atoms with Gasteiger partial charge in [0.1, 0.15) is 0 Å². The molecule has 3 aromatic rings. The topological polar surface area (TPSA) is 236 Å². The molecule has 0 aromatic heterocycles. The number of ether oxygens (including phenoxy) is 1. The number of carbonyl (C=O) groups excluding carboxylic acids is 2. The summed E-state index contributed by atoms with van der Waals surface area (Å²) in [5, 5.41) is 41.6. The normalized spacial score (nSPS) is 10.3.